The zero-order chi connectivity index (χ0) is 15.9. The second-order valence-electron chi connectivity index (χ2n) is 5.89. The van der Waals surface area contributed by atoms with Crippen LogP contribution in [0.4, 0.5) is 0 Å². The van der Waals surface area contributed by atoms with Crippen LogP contribution in [-0.4, -0.2) is 61.3 Å². The number of rotatable bonds is 4. The van der Waals surface area contributed by atoms with Gasteiger partial charge in [-0.25, -0.2) is 4.99 Å². The molecular weight excluding hydrogens is 276 g/mol. The van der Waals surface area contributed by atoms with Crippen LogP contribution in [0.2, 0.25) is 0 Å². The second kappa shape index (κ2) is 8.15. The third kappa shape index (κ3) is 5.00. The molecule has 0 saturated carbocycles. The quantitative estimate of drug-likeness (QED) is 0.633. The van der Waals surface area contributed by atoms with Gasteiger partial charge in [0.15, 0.2) is 5.84 Å². The van der Waals surface area contributed by atoms with E-state index in [1.54, 1.807) is 13.2 Å². The monoisotopic (exact) mass is 302 g/mol. The summed E-state index contributed by atoms with van der Waals surface area (Å²) < 4.78 is 5.97. The maximum atomic E-state index is 5.97. The van der Waals surface area contributed by atoms with Gasteiger partial charge in [-0.15, -0.1) is 0 Å². The first kappa shape index (κ1) is 16.8. The molecular formula is C17H26N4O. The van der Waals surface area contributed by atoms with Crippen molar-refractivity contribution >= 4 is 11.5 Å². The smallest absolute Gasteiger partial charge is 0.154 e. The Kier molecular flexibility index (Phi) is 6.21. The minimum absolute atomic E-state index is 0.353. The summed E-state index contributed by atoms with van der Waals surface area (Å²) in [7, 11) is 3.92. The number of hydrogen-bond donors (Lipinski definition) is 0. The molecule has 22 heavy (non-hydrogen) atoms. The SMILES string of the molecule is CN=C(N=C(C)COC1CCN(C)CC1)c1ccnc(C)c1. The lowest BCUT2D eigenvalue weighted by Gasteiger charge is -2.28. The molecule has 1 saturated heterocycles. The molecule has 1 aliphatic rings. The number of ether oxygens (including phenoxy) is 1. The van der Waals surface area contributed by atoms with Gasteiger partial charge in [0.05, 0.1) is 12.7 Å². The third-order valence-corrected chi connectivity index (χ3v) is 3.86. The summed E-state index contributed by atoms with van der Waals surface area (Å²) in [6.45, 7) is 6.75. The molecule has 1 aromatic rings. The highest BCUT2D eigenvalue weighted by atomic mass is 16.5. The van der Waals surface area contributed by atoms with E-state index in [0.717, 1.165) is 48.7 Å². The van der Waals surface area contributed by atoms with E-state index in [9.17, 15) is 0 Å². The van der Waals surface area contributed by atoms with Crippen molar-refractivity contribution in [2.75, 3.05) is 33.8 Å². The van der Waals surface area contributed by atoms with Crippen molar-refractivity contribution in [1.82, 2.24) is 9.88 Å². The van der Waals surface area contributed by atoms with Crippen molar-refractivity contribution < 1.29 is 4.74 Å². The number of pyridine rings is 1. The lowest BCUT2D eigenvalue weighted by molar-refractivity contribution is 0.0332. The maximum Gasteiger partial charge on any atom is 0.154 e. The van der Waals surface area contributed by atoms with Gasteiger partial charge in [-0.2, -0.15) is 0 Å². The van der Waals surface area contributed by atoms with E-state index in [0.29, 0.717) is 12.7 Å². The molecule has 1 aromatic heterocycles. The molecule has 5 heteroatoms. The van der Waals surface area contributed by atoms with E-state index in [-0.39, 0.29) is 0 Å². The Morgan fingerprint density at radius 3 is 2.77 bits per heavy atom. The summed E-state index contributed by atoms with van der Waals surface area (Å²) in [4.78, 5) is 15.4. The predicted molar refractivity (Wildman–Crippen MR) is 91.0 cm³/mol. The molecule has 5 nitrogen and oxygen atoms in total. The lowest BCUT2D eigenvalue weighted by Crippen LogP contribution is -2.34. The number of hydrogen-bond acceptors (Lipinski definition) is 4. The van der Waals surface area contributed by atoms with Crippen LogP contribution < -0.4 is 0 Å². The Balaban J connectivity index is 1.92. The van der Waals surface area contributed by atoms with Crippen LogP contribution in [0.15, 0.2) is 28.3 Å². The fourth-order valence-corrected chi connectivity index (χ4v) is 2.53. The van der Waals surface area contributed by atoms with Gasteiger partial charge >= 0.3 is 0 Å². The fourth-order valence-electron chi connectivity index (χ4n) is 2.53. The van der Waals surface area contributed by atoms with Gasteiger partial charge in [0.1, 0.15) is 0 Å². The highest BCUT2D eigenvalue weighted by Crippen LogP contribution is 2.12. The zero-order valence-electron chi connectivity index (χ0n) is 14.0. The van der Waals surface area contributed by atoms with Gasteiger partial charge in [-0.05, 0) is 45.9 Å². The average Bonchev–Trinajstić information content (AvgIpc) is 2.52. The number of aryl methyl sites for hydroxylation is 1. The molecule has 0 radical (unpaired) electrons. The van der Waals surface area contributed by atoms with Crippen LogP contribution in [-0.2, 0) is 4.74 Å². The minimum atomic E-state index is 0.353. The topological polar surface area (TPSA) is 50.1 Å². The third-order valence-electron chi connectivity index (χ3n) is 3.86. The Morgan fingerprint density at radius 2 is 2.14 bits per heavy atom. The molecule has 0 atom stereocenters. The van der Waals surface area contributed by atoms with Crippen LogP contribution in [0.25, 0.3) is 0 Å². The van der Waals surface area contributed by atoms with Crippen molar-refractivity contribution in [2.45, 2.75) is 32.8 Å². The number of amidine groups is 1. The van der Waals surface area contributed by atoms with Crippen LogP contribution in [0.5, 0.6) is 0 Å². The minimum Gasteiger partial charge on any atom is -0.372 e. The van der Waals surface area contributed by atoms with E-state index in [2.05, 4.69) is 26.9 Å². The molecule has 0 amide bonds. The molecule has 1 aliphatic heterocycles. The Bertz CT molecular complexity index is 545. The van der Waals surface area contributed by atoms with E-state index < -0.39 is 0 Å². The van der Waals surface area contributed by atoms with Crippen molar-refractivity contribution in [2.24, 2.45) is 9.98 Å². The highest BCUT2D eigenvalue weighted by molar-refractivity contribution is 6.06. The molecule has 2 rings (SSSR count). The number of nitrogens with zero attached hydrogens (tertiary/aromatic N) is 4. The summed E-state index contributed by atoms with van der Waals surface area (Å²) in [6.07, 6.45) is 4.34. The lowest BCUT2D eigenvalue weighted by atomic mass is 10.1. The molecule has 120 valence electrons. The summed E-state index contributed by atoms with van der Waals surface area (Å²) in [5, 5.41) is 0. The normalized spacial score (nSPS) is 18.7. The van der Waals surface area contributed by atoms with Gasteiger partial charge in [0.25, 0.3) is 0 Å². The first-order valence-electron chi connectivity index (χ1n) is 7.82. The molecule has 0 unspecified atom stereocenters. The van der Waals surface area contributed by atoms with Crippen LogP contribution in [0.1, 0.15) is 31.0 Å². The van der Waals surface area contributed by atoms with E-state index in [4.69, 9.17) is 4.74 Å². The highest BCUT2D eigenvalue weighted by Gasteiger charge is 2.17. The molecule has 1 fully saturated rings. The first-order valence-corrected chi connectivity index (χ1v) is 7.82. The number of aliphatic imine (C=N–C) groups is 2. The van der Waals surface area contributed by atoms with Crippen molar-refractivity contribution in [3.63, 3.8) is 0 Å². The van der Waals surface area contributed by atoms with Gasteiger partial charge < -0.3 is 9.64 Å². The van der Waals surface area contributed by atoms with E-state index >= 15 is 0 Å². The Labute approximate surface area is 133 Å². The largest absolute Gasteiger partial charge is 0.372 e. The predicted octanol–water partition coefficient (Wildman–Crippen LogP) is 2.34. The fraction of sp³-hybridized carbons (Fsp3) is 0.588. The number of aromatic nitrogens is 1. The van der Waals surface area contributed by atoms with E-state index in [1.165, 1.54) is 0 Å². The van der Waals surface area contributed by atoms with Gasteiger partial charge in [0.2, 0.25) is 0 Å². The molecule has 0 aromatic carbocycles. The summed E-state index contributed by atoms with van der Waals surface area (Å²) in [5.41, 5.74) is 2.91. The average molecular weight is 302 g/mol. The maximum absolute atomic E-state index is 5.97. The summed E-state index contributed by atoms with van der Waals surface area (Å²) in [5.74, 6) is 0.731. The Morgan fingerprint density at radius 1 is 1.41 bits per heavy atom. The van der Waals surface area contributed by atoms with Crippen molar-refractivity contribution in [3.8, 4) is 0 Å². The summed E-state index contributed by atoms with van der Waals surface area (Å²) in [6, 6.07) is 3.93. The zero-order valence-corrected chi connectivity index (χ0v) is 14.0. The molecule has 0 bridgehead atoms. The number of likely N-dealkylation sites (tertiary alicyclic amines) is 1. The first-order chi connectivity index (χ1) is 10.6. The van der Waals surface area contributed by atoms with Gasteiger partial charge in [0, 0.05) is 43.3 Å². The van der Waals surface area contributed by atoms with Crippen LogP contribution in [0, 0.1) is 6.92 Å². The Hall–Kier alpha value is -1.59. The van der Waals surface area contributed by atoms with E-state index in [1.807, 2.05) is 26.0 Å². The van der Waals surface area contributed by atoms with Crippen molar-refractivity contribution in [1.29, 1.82) is 0 Å². The standard InChI is InChI=1S/C17H26N4O/c1-13-11-15(5-8-19-13)17(18-3)20-14(2)12-22-16-6-9-21(4)10-7-16/h5,8,11,16H,6-7,9-10,12H2,1-4H3. The van der Waals surface area contributed by atoms with Crippen LogP contribution in [0.3, 0.4) is 0 Å². The van der Waals surface area contributed by atoms with Gasteiger partial charge in [-0.3, -0.25) is 9.98 Å². The molecule has 2 heterocycles. The number of piperidine rings is 1. The van der Waals surface area contributed by atoms with Crippen LogP contribution >= 0.6 is 0 Å². The molecule has 0 spiro atoms. The molecule has 0 N–H and O–H groups in total. The summed E-state index contributed by atoms with van der Waals surface area (Å²) >= 11 is 0. The van der Waals surface area contributed by atoms with Crippen molar-refractivity contribution in [3.05, 3.63) is 29.6 Å². The van der Waals surface area contributed by atoms with Gasteiger partial charge in [-0.1, -0.05) is 0 Å². The second-order valence-corrected chi connectivity index (χ2v) is 5.89. The molecule has 0 aliphatic carbocycles.